The molecule has 1 aromatic carbocycles. The predicted octanol–water partition coefficient (Wildman–Crippen LogP) is 0.828. The standard InChI is InChI=1S/C16H21N3O3/c1-2-19-13-9-18(10-14(13)22-11-15(19)20)16(21)17-8-12-6-4-3-5-7-12/h3-7,13-14H,2,8-11H2,1H3,(H,17,21)/t13-,14-/m1/s1. The monoisotopic (exact) mass is 303 g/mol. The molecule has 3 amide bonds. The van der Waals surface area contributed by atoms with Crippen molar-refractivity contribution in [3.8, 4) is 0 Å². The van der Waals surface area contributed by atoms with Crippen molar-refractivity contribution in [2.24, 2.45) is 0 Å². The maximum absolute atomic E-state index is 12.3. The van der Waals surface area contributed by atoms with Gasteiger partial charge in [0.05, 0.1) is 18.7 Å². The number of nitrogens with one attached hydrogen (secondary N) is 1. The van der Waals surface area contributed by atoms with Gasteiger partial charge in [-0.3, -0.25) is 4.79 Å². The number of rotatable bonds is 3. The van der Waals surface area contributed by atoms with E-state index >= 15 is 0 Å². The SMILES string of the molecule is CCN1C(=O)CO[C@@H]2CN(C(=O)NCc3ccccc3)C[C@H]21. The van der Waals surface area contributed by atoms with Gasteiger partial charge in [0, 0.05) is 19.6 Å². The Balaban J connectivity index is 1.57. The fraction of sp³-hybridized carbons (Fsp3) is 0.500. The summed E-state index contributed by atoms with van der Waals surface area (Å²) in [5.74, 6) is 0.00953. The van der Waals surface area contributed by atoms with Crippen LogP contribution in [-0.4, -0.2) is 60.1 Å². The molecule has 2 heterocycles. The Labute approximate surface area is 130 Å². The van der Waals surface area contributed by atoms with E-state index in [0.29, 0.717) is 26.2 Å². The van der Waals surface area contributed by atoms with Gasteiger partial charge in [-0.2, -0.15) is 0 Å². The Morgan fingerprint density at radius 1 is 1.32 bits per heavy atom. The van der Waals surface area contributed by atoms with E-state index in [-0.39, 0.29) is 30.7 Å². The minimum Gasteiger partial charge on any atom is -0.364 e. The Bertz CT molecular complexity index is 549. The molecule has 6 nitrogen and oxygen atoms in total. The molecule has 6 heteroatoms. The van der Waals surface area contributed by atoms with Crippen molar-refractivity contribution in [3.63, 3.8) is 0 Å². The van der Waals surface area contributed by atoms with Crippen molar-refractivity contribution in [3.05, 3.63) is 35.9 Å². The van der Waals surface area contributed by atoms with Gasteiger partial charge in [-0.15, -0.1) is 0 Å². The van der Waals surface area contributed by atoms with Gasteiger partial charge in [-0.1, -0.05) is 30.3 Å². The van der Waals surface area contributed by atoms with Gasteiger partial charge in [-0.05, 0) is 12.5 Å². The number of likely N-dealkylation sites (N-methyl/N-ethyl adjacent to an activating group) is 1. The predicted molar refractivity (Wildman–Crippen MR) is 81.2 cm³/mol. The lowest BCUT2D eigenvalue weighted by molar-refractivity contribution is -0.152. The van der Waals surface area contributed by atoms with E-state index in [1.165, 1.54) is 0 Å². The molecular weight excluding hydrogens is 282 g/mol. The van der Waals surface area contributed by atoms with Crippen molar-refractivity contribution in [2.45, 2.75) is 25.6 Å². The molecule has 0 radical (unpaired) electrons. The minimum atomic E-state index is -0.106. The first-order valence-corrected chi connectivity index (χ1v) is 7.67. The fourth-order valence-corrected chi connectivity index (χ4v) is 3.13. The minimum absolute atomic E-state index is 0.00953. The van der Waals surface area contributed by atoms with E-state index in [1.54, 1.807) is 4.90 Å². The van der Waals surface area contributed by atoms with Crippen LogP contribution in [0.3, 0.4) is 0 Å². The van der Waals surface area contributed by atoms with Gasteiger partial charge in [0.2, 0.25) is 5.91 Å². The first-order valence-electron chi connectivity index (χ1n) is 7.67. The zero-order valence-corrected chi connectivity index (χ0v) is 12.7. The molecule has 0 aromatic heterocycles. The summed E-state index contributed by atoms with van der Waals surface area (Å²) in [5, 5.41) is 2.92. The average molecular weight is 303 g/mol. The lowest BCUT2D eigenvalue weighted by atomic mass is 10.1. The highest BCUT2D eigenvalue weighted by molar-refractivity contribution is 5.79. The lowest BCUT2D eigenvalue weighted by Crippen LogP contribution is -2.53. The molecular formula is C16H21N3O3. The highest BCUT2D eigenvalue weighted by Gasteiger charge is 2.43. The van der Waals surface area contributed by atoms with Gasteiger partial charge in [0.1, 0.15) is 6.61 Å². The van der Waals surface area contributed by atoms with Crippen LogP contribution in [0.5, 0.6) is 0 Å². The number of urea groups is 1. The second kappa shape index (κ2) is 6.36. The molecule has 2 fully saturated rings. The number of morpholine rings is 1. The smallest absolute Gasteiger partial charge is 0.317 e. The number of carbonyl (C=O) groups excluding carboxylic acids is 2. The summed E-state index contributed by atoms with van der Waals surface area (Å²) < 4.78 is 5.58. The second-order valence-electron chi connectivity index (χ2n) is 5.65. The largest absolute Gasteiger partial charge is 0.364 e. The molecule has 2 aliphatic rings. The third-order valence-electron chi connectivity index (χ3n) is 4.29. The van der Waals surface area contributed by atoms with Crippen LogP contribution in [0.4, 0.5) is 4.79 Å². The van der Waals surface area contributed by atoms with Gasteiger partial charge in [0.25, 0.3) is 0 Å². The van der Waals surface area contributed by atoms with Crippen LogP contribution in [0.1, 0.15) is 12.5 Å². The van der Waals surface area contributed by atoms with Crippen molar-refractivity contribution >= 4 is 11.9 Å². The van der Waals surface area contributed by atoms with E-state index in [4.69, 9.17) is 4.74 Å². The van der Waals surface area contributed by atoms with Gasteiger partial charge < -0.3 is 19.9 Å². The topological polar surface area (TPSA) is 61.9 Å². The van der Waals surface area contributed by atoms with Crippen LogP contribution in [-0.2, 0) is 16.1 Å². The molecule has 1 N–H and O–H groups in total. The van der Waals surface area contributed by atoms with Crippen LogP contribution in [0, 0.1) is 0 Å². The van der Waals surface area contributed by atoms with Crippen molar-refractivity contribution in [2.75, 3.05) is 26.2 Å². The molecule has 2 atom stereocenters. The first-order chi connectivity index (χ1) is 10.7. The van der Waals surface area contributed by atoms with Gasteiger partial charge in [-0.25, -0.2) is 4.79 Å². The molecule has 0 aliphatic carbocycles. The molecule has 2 aliphatic heterocycles. The number of carbonyl (C=O) groups is 2. The van der Waals surface area contributed by atoms with E-state index in [2.05, 4.69) is 5.32 Å². The number of nitrogens with zero attached hydrogens (tertiary/aromatic N) is 2. The van der Waals surface area contributed by atoms with Gasteiger partial charge in [0.15, 0.2) is 0 Å². The summed E-state index contributed by atoms with van der Waals surface area (Å²) in [6.45, 7) is 4.30. The first kappa shape index (κ1) is 14.8. The Morgan fingerprint density at radius 3 is 2.82 bits per heavy atom. The van der Waals surface area contributed by atoms with Crippen LogP contribution >= 0.6 is 0 Å². The summed E-state index contributed by atoms with van der Waals surface area (Å²) in [7, 11) is 0. The fourth-order valence-electron chi connectivity index (χ4n) is 3.13. The Kier molecular flexibility index (Phi) is 4.29. The molecule has 0 unspecified atom stereocenters. The number of likely N-dealkylation sites (tertiary alicyclic amines) is 1. The summed E-state index contributed by atoms with van der Waals surface area (Å²) in [4.78, 5) is 27.7. The molecule has 2 saturated heterocycles. The van der Waals surface area contributed by atoms with Crippen molar-refractivity contribution < 1.29 is 14.3 Å². The quantitative estimate of drug-likeness (QED) is 0.899. The molecule has 0 saturated carbocycles. The number of benzene rings is 1. The lowest BCUT2D eigenvalue weighted by Gasteiger charge is -2.35. The van der Waals surface area contributed by atoms with E-state index in [1.807, 2.05) is 42.2 Å². The number of ether oxygens (including phenoxy) is 1. The van der Waals surface area contributed by atoms with E-state index in [9.17, 15) is 9.59 Å². The molecule has 118 valence electrons. The molecule has 1 aromatic rings. The normalized spacial score (nSPS) is 24.3. The van der Waals surface area contributed by atoms with Crippen LogP contribution in [0.2, 0.25) is 0 Å². The number of fused-ring (bicyclic) bond motifs is 1. The van der Waals surface area contributed by atoms with Crippen molar-refractivity contribution in [1.29, 1.82) is 0 Å². The Hall–Kier alpha value is -2.08. The van der Waals surface area contributed by atoms with Crippen LogP contribution in [0.25, 0.3) is 0 Å². The molecule has 0 bridgehead atoms. The van der Waals surface area contributed by atoms with Gasteiger partial charge >= 0.3 is 6.03 Å². The number of hydrogen-bond donors (Lipinski definition) is 1. The summed E-state index contributed by atoms with van der Waals surface area (Å²) in [5.41, 5.74) is 1.06. The molecule has 3 rings (SSSR count). The second-order valence-corrected chi connectivity index (χ2v) is 5.65. The average Bonchev–Trinajstić information content (AvgIpc) is 2.98. The maximum Gasteiger partial charge on any atom is 0.317 e. The zero-order valence-electron chi connectivity index (χ0n) is 12.7. The highest BCUT2D eigenvalue weighted by Crippen LogP contribution is 2.23. The zero-order chi connectivity index (χ0) is 15.5. The van der Waals surface area contributed by atoms with E-state index in [0.717, 1.165) is 5.56 Å². The summed E-state index contributed by atoms with van der Waals surface area (Å²) >= 11 is 0. The maximum atomic E-state index is 12.3. The molecule has 0 spiro atoms. The van der Waals surface area contributed by atoms with Crippen LogP contribution < -0.4 is 5.32 Å². The third kappa shape index (κ3) is 2.92. The summed E-state index contributed by atoms with van der Waals surface area (Å²) in [6.07, 6.45) is -0.0693. The third-order valence-corrected chi connectivity index (χ3v) is 4.29. The van der Waals surface area contributed by atoms with Crippen LogP contribution in [0.15, 0.2) is 30.3 Å². The van der Waals surface area contributed by atoms with E-state index < -0.39 is 0 Å². The Morgan fingerprint density at radius 2 is 2.09 bits per heavy atom. The number of hydrogen-bond acceptors (Lipinski definition) is 3. The highest BCUT2D eigenvalue weighted by atomic mass is 16.5. The summed E-state index contributed by atoms with van der Waals surface area (Å²) in [6, 6.07) is 9.67. The molecule has 22 heavy (non-hydrogen) atoms. The van der Waals surface area contributed by atoms with Crippen molar-refractivity contribution in [1.82, 2.24) is 15.1 Å². The number of amides is 3.